The van der Waals surface area contributed by atoms with Gasteiger partial charge < -0.3 is 5.11 Å². The molecule has 0 saturated carbocycles. The van der Waals surface area contributed by atoms with Gasteiger partial charge >= 0.3 is 0 Å². The minimum atomic E-state index is -0.0867. The molecule has 4 heteroatoms. The van der Waals surface area contributed by atoms with Gasteiger partial charge in [0.25, 0.3) is 0 Å². The fraction of sp³-hybridized carbons (Fsp3) is 0.944. The molecular weight excluding hydrogens is 276 g/mol. The zero-order valence-corrected chi connectivity index (χ0v) is 14.6. The number of hydrazine groups is 1. The molecule has 0 bridgehead atoms. The summed E-state index contributed by atoms with van der Waals surface area (Å²) in [6, 6.07) is 0. The molecule has 0 fully saturated rings. The maximum absolute atomic E-state index is 10.9. The molecule has 0 aliphatic rings. The summed E-state index contributed by atoms with van der Waals surface area (Å²) in [5.74, 6) is 4.96. The zero-order valence-electron chi connectivity index (χ0n) is 14.6. The van der Waals surface area contributed by atoms with E-state index in [2.05, 4.69) is 12.3 Å². The van der Waals surface area contributed by atoms with E-state index in [1.54, 1.807) is 0 Å². The van der Waals surface area contributed by atoms with Crippen molar-refractivity contribution >= 4 is 5.91 Å². The van der Waals surface area contributed by atoms with E-state index in [4.69, 9.17) is 5.84 Å². The Morgan fingerprint density at radius 2 is 1.32 bits per heavy atom. The third-order valence-electron chi connectivity index (χ3n) is 4.24. The highest BCUT2D eigenvalue weighted by Crippen LogP contribution is 2.14. The number of nitrogens with one attached hydrogen (secondary N) is 1. The highest BCUT2D eigenvalue weighted by Gasteiger charge is 2.03. The van der Waals surface area contributed by atoms with Gasteiger partial charge in [0.1, 0.15) is 0 Å². The molecule has 0 aromatic rings. The van der Waals surface area contributed by atoms with Gasteiger partial charge in [0.05, 0.1) is 6.10 Å². The molecule has 0 radical (unpaired) electrons. The lowest BCUT2D eigenvalue weighted by Crippen LogP contribution is -2.29. The van der Waals surface area contributed by atoms with Crippen molar-refractivity contribution in [2.45, 2.75) is 109 Å². The second-order valence-corrected chi connectivity index (χ2v) is 6.44. The van der Waals surface area contributed by atoms with E-state index in [1.807, 2.05) is 0 Å². The molecule has 0 aliphatic carbocycles. The fourth-order valence-corrected chi connectivity index (χ4v) is 2.75. The molecule has 1 unspecified atom stereocenters. The Morgan fingerprint density at radius 1 is 0.864 bits per heavy atom. The van der Waals surface area contributed by atoms with Crippen molar-refractivity contribution in [3.8, 4) is 0 Å². The van der Waals surface area contributed by atoms with Crippen LogP contribution in [0.1, 0.15) is 103 Å². The summed E-state index contributed by atoms with van der Waals surface area (Å²) >= 11 is 0. The van der Waals surface area contributed by atoms with Crippen LogP contribution in [-0.2, 0) is 4.79 Å². The van der Waals surface area contributed by atoms with Crippen LogP contribution < -0.4 is 11.3 Å². The molecule has 0 aromatic carbocycles. The smallest absolute Gasteiger partial charge is 0.233 e. The second kappa shape index (κ2) is 16.8. The lowest BCUT2D eigenvalue weighted by atomic mass is 10.0. The molecule has 0 rings (SSSR count). The SMILES string of the molecule is CCCCCCCC(O)CCCCCCCCCC(=O)NN. The zero-order chi connectivity index (χ0) is 16.5. The van der Waals surface area contributed by atoms with E-state index >= 15 is 0 Å². The number of rotatable bonds is 16. The quantitative estimate of drug-likeness (QED) is 0.173. The highest BCUT2D eigenvalue weighted by atomic mass is 16.3. The van der Waals surface area contributed by atoms with Crippen molar-refractivity contribution in [3.05, 3.63) is 0 Å². The van der Waals surface area contributed by atoms with Crippen molar-refractivity contribution in [3.63, 3.8) is 0 Å². The van der Waals surface area contributed by atoms with Crippen LogP contribution in [0.5, 0.6) is 0 Å². The Kier molecular flexibility index (Phi) is 16.3. The number of aliphatic hydroxyl groups excluding tert-OH is 1. The standard InChI is InChI=1S/C18H38N2O2/c1-2-3-4-8-11-14-17(21)15-12-9-6-5-7-10-13-16-18(22)20-19/h17,21H,2-16,19H2,1H3,(H,20,22). The molecule has 0 heterocycles. The van der Waals surface area contributed by atoms with Gasteiger partial charge in [0.15, 0.2) is 0 Å². The second-order valence-electron chi connectivity index (χ2n) is 6.44. The van der Waals surface area contributed by atoms with Gasteiger partial charge in [0, 0.05) is 6.42 Å². The maximum atomic E-state index is 10.9. The lowest BCUT2D eigenvalue weighted by molar-refractivity contribution is -0.121. The summed E-state index contributed by atoms with van der Waals surface area (Å²) < 4.78 is 0. The first-order valence-corrected chi connectivity index (χ1v) is 9.38. The van der Waals surface area contributed by atoms with Crippen molar-refractivity contribution in [2.24, 2.45) is 5.84 Å². The molecule has 4 N–H and O–H groups in total. The van der Waals surface area contributed by atoms with Crippen LogP contribution in [0.4, 0.5) is 0 Å². The molecule has 0 aliphatic heterocycles. The Morgan fingerprint density at radius 3 is 1.82 bits per heavy atom. The summed E-state index contributed by atoms with van der Waals surface area (Å²) in [4.78, 5) is 10.9. The Bertz CT molecular complexity index is 247. The first-order chi connectivity index (χ1) is 10.7. The van der Waals surface area contributed by atoms with Crippen molar-refractivity contribution in [1.82, 2.24) is 5.43 Å². The molecule has 0 saturated heterocycles. The van der Waals surface area contributed by atoms with E-state index in [1.165, 1.54) is 57.8 Å². The van der Waals surface area contributed by atoms with Crippen LogP contribution in [0.3, 0.4) is 0 Å². The lowest BCUT2D eigenvalue weighted by Gasteiger charge is -2.10. The van der Waals surface area contributed by atoms with Crippen molar-refractivity contribution in [2.75, 3.05) is 0 Å². The number of nitrogens with two attached hydrogens (primary N) is 1. The van der Waals surface area contributed by atoms with Crippen molar-refractivity contribution < 1.29 is 9.90 Å². The van der Waals surface area contributed by atoms with Crippen LogP contribution in [0, 0.1) is 0 Å². The number of amides is 1. The monoisotopic (exact) mass is 314 g/mol. The number of hydrogen-bond donors (Lipinski definition) is 3. The van der Waals surface area contributed by atoms with Crippen molar-refractivity contribution in [1.29, 1.82) is 0 Å². The predicted molar refractivity (Wildman–Crippen MR) is 93.3 cm³/mol. The van der Waals surface area contributed by atoms with Crippen LogP contribution in [0.25, 0.3) is 0 Å². The molecule has 4 nitrogen and oxygen atoms in total. The minimum absolute atomic E-state index is 0.0660. The Hall–Kier alpha value is -0.610. The van der Waals surface area contributed by atoms with E-state index in [-0.39, 0.29) is 12.0 Å². The van der Waals surface area contributed by atoms with Gasteiger partial charge in [-0.05, 0) is 19.3 Å². The van der Waals surface area contributed by atoms with Gasteiger partial charge in [-0.2, -0.15) is 0 Å². The topological polar surface area (TPSA) is 75.3 Å². The number of carbonyl (C=O) groups is 1. The van der Waals surface area contributed by atoms with Crippen LogP contribution in [0.15, 0.2) is 0 Å². The number of carbonyl (C=O) groups excluding carboxylic acids is 1. The number of hydrogen-bond acceptors (Lipinski definition) is 3. The molecule has 132 valence electrons. The van der Waals surface area contributed by atoms with Gasteiger partial charge in [-0.1, -0.05) is 77.6 Å². The molecule has 0 aromatic heterocycles. The molecule has 22 heavy (non-hydrogen) atoms. The Labute approximate surface area is 137 Å². The average molecular weight is 315 g/mol. The normalized spacial score (nSPS) is 12.3. The summed E-state index contributed by atoms with van der Waals surface area (Å²) in [5, 5.41) is 9.91. The molecule has 1 amide bonds. The van der Waals surface area contributed by atoms with Gasteiger partial charge in [0.2, 0.25) is 5.91 Å². The largest absolute Gasteiger partial charge is 0.393 e. The van der Waals surface area contributed by atoms with Gasteiger partial charge in [-0.25, -0.2) is 5.84 Å². The van der Waals surface area contributed by atoms with E-state index in [0.717, 1.165) is 32.1 Å². The number of aliphatic hydroxyl groups is 1. The predicted octanol–water partition coefficient (Wildman–Crippen LogP) is 4.21. The van der Waals surface area contributed by atoms with Gasteiger partial charge in [-0.15, -0.1) is 0 Å². The van der Waals surface area contributed by atoms with E-state index in [0.29, 0.717) is 6.42 Å². The Balaban J connectivity index is 3.16. The summed E-state index contributed by atoms with van der Waals surface area (Å²) in [6.45, 7) is 2.23. The fourth-order valence-electron chi connectivity index (χ4n) is 2.75. The first-order valence-electron chi connectivity index (χ1n) is 9.38. The molecular formula is C18H38N2O2. The summed E-state index contributed by atoms with van der Waals surface area (Å²) in [5.41, 5.74) is 2.16. The third kappa shape index (κ3) is 15.8. The van der Waals surface area contributed by atoms with Crippen LogP contribution >= 0.6 is 0 Å². The van der Waals surface area contributed by atoms with Crippen LogP contribution in [-0.4, -0.2) is 17.1 Å². The third-order valence-corrected chi connectivity index (χ3v) is 4.24. The maximum Gasteiger partial charge on any atom is 0.233 e. The average Bonchev–Trinajstić information content (AvgIpc) is 2.52. The van der Waals surface area contributed by atoms with E-state index < -0.39 is 0 Å². The van der Waals surface area contributed by atoms with Crippen LogP contribution in [0.2, 0.25) is 0 Å². The minimum Gasteiger partial charge on any atom is -0.393 e. The van der Waals surface area contributed by atoms with E-state index in [9.17, 15) is 9.90 Å². The molecule has 1 atom stereocenters. The summed E-state index contributed by atoms with van der Waals surface area (Å²) in [7, 11) is 0. The summed E-state index contributed by atoms with van der Waals surface area (Å²) in [6.07, 6.45) is 16.8. The molecule has 0 spiro atoms. The highest BCUT2D eigenvalue weighted by molar-refractivity contribution is 5.74. The first kappa shape index (κ1) is 21.4. The number of unbranched alkanes of at least 4 members (excludes halogenated alkanes) is 10. The van der Waals surface area contributed by atoms with Gasteiger partial charge in [-0.3, -0.25) is 10.2 Å².